The van der Waals surface area contributed by atoms with Gasteiger partial charge >= 0.3 is 0 Å². The minimum atomic E-state index is 0.871. The molecule has 0 aliphatic rings. The molecule has 2 rings (SSSR count). The molecule has 0 N–H and O–H groups in total. The normalized spacial score (nSPS) is 10.3. The van der Waals surface area contributed by atoms with Crippen molar-refractivity contribution in [1.29, 1.82) is 0 Å². The summed E-state index contributed by atoms with van der Waals surface area (Å²) in [5, 5.41) is 0. The zero-order chi connectivity index (χ0) is 13.8. The quantitative estimate of drug-likeness (QED) is 0.765. The van der Waals surface area contributed by atoms with Crippen molar-refractivity contribution in [3.63, 3.8) is 0 Å². The van der Waals surface area contributed by atoms with Gasteiger partial charge in [-0.1, -0.05) is 36.4 Å². The van der Waals surface area contributed by atoms with E-state index in [4.69, 9.17) is 0 Å². The lowest BCUT2D eigenvalue weighted by Gasteiger charge is -2.29. The van der Waals surface area contributed by atoms with Gasteiger partial charge in [-0.15, -0.1) is 0 Å². The molecule has 2 nitrogen and oxygen atoms in total. The third-order valence-electron chi connectivity index (χ3n) is 3.48. The molecule has 100 valence electrons. The van der Waals surface area contributed by atoms with Gasteiger partial charge in [0.1, 0.15) is 0 Å². The molecule has 0 fully saturated rings. The van der Waals surface area contributed by atoms with Crippen LogP contribution in [0.5, 0.6) is 0 Å². The number of hydrogen-bond acceptors (Lipinski definition) is 2. The Hall–Kier alpha value is -1.96. The monoisotopic (exact) mass is 254 g/mol. The summed E-state index contributed by atoms with van der Waals surface area (Å²) < 4.78 is 0. The largest absolute Gasteiger partial charge is 0.357 e. The van der Waals surface area contributed by atoms with E-state index in [0.29, 0.717) is 0 Å². The van der Waals surface area contributed by atoms with Crippen molar-refractivity contribution < 1.29 is 0 Å². The summed E-state index contributed by atoms with van der Waals surface area (Å²) in [5.41, 5.74) is 5.18. The fraction of sp³-hybridized carbons (Fsp3) is 0.294. The Balaban J connectivity index is 2.13. The molecule has 0 saturated carbocycles. The number of benzene rings is 2. The van der Waals surface area contributed by atoms with Crippen LogP contribution in [0.4, 0.5) is 11.4 Å². The van der Waals surface area contributed by atoms with Gasteiger partial charge in [0.15, 0.2) is 0 Å². The molecule has 0 amide bonds. The number of aryl methyl sites for hydroxylation is 2. The van der Waals surface area contributed by atoms with E-state index in [1.54, 1.807) is 0 Å². The summed E-state index contributed by atoms with van der Waals surface area (Å²) in [4.78, 5) is 4.56. The highest BCUT2D eigenvalue weighted by atomic mass is 15.3. The van der Waals surface area contributed by atoms with E-state index in [1.165, 1.54) is 22.5 Å². The molecule has 2 aromatic carbocycles. The van der Waals surface area contributed by atoms with Crippen LogP contribution in [0.1, 0.15) is 11.1 Å². The van der Waals surface area contributed by atoms with Crippen molar-refractivity contribution in [1.82, 2.24) is 0 Å². The molecule has 0 spiro atoms. The number of para-hydroxylation sites is 2. The fourth-order valence-corrected chi connectivity index (χ4v) is 2.45. The Kier molecular flexibility index (Phi) is 4.10. The zero-order valence-electron chi connectivity index (χ0n) is 12.2. The van der Waals surface area contributed by atoms with Gasteiger partial charge in [0.05, 0.1) is 6.67 Å². The van der Waals surface area contributed by atoms with Crippen LogP contribution in [0.15, 0.2) is 48.5 Å². The molecule has 0 unspecified atom stereocenters. The van der Waals surface area contributed by atoms with Gasteiger partial charge in [-0.3, -0.25) is 0 Å². The SMILES string of the molecule is Cc1ccccc1N(C)CN(C)c1ccccc1C. The molecule has 0 aliphatic carbocycles. The van der Waals surface area contributed by atoms with Crippen LogP contribution < -0.4 is 9.80 Å². The van der Waals surface area contributed by atoms with Crippen LogP contribution >= 0.6 is 0 Å². The van der Waals surface area contributed by atoms with Crippen molar-refractivity contribution in [2.75, 3.05) is 30.6 Å². The van der Waals surface area contributed by atoms with Crippen molar-refractivity contribution in [2.24, 2.45) is 0 Å². The Morgan fingerprint density at radius 1 is 0.684 bits per heavy atom. The van der Waals surface area contributed by atoms with E-state index in [1.807, 2.05) is 0 Å². The second kappa shape index (κ2) is 5.79. The highest BCUT2D eigenvalue weighted by Gasteiger charge is 2.08. The smallest absolute Gasteiger partial charge is 0.0897 e. The van der Waals surface area contributed by atoms with Crippen molar-refractivity contribution in [3.05, 3.63) is 59.7 Å². The summed E-state index contributed by atoms with van der Waals surface area (Å²) in [6.07, 6.45) is 0. The first-order valence-corrected chi connectivity index (χ1v) is 6.63. The molecule has 0 aromatic heterocycles. The molecular formula is C17H22N2. The summed E-state index contributed by atoms with van der Waals surface area (Å²) >= 11 is 0. The maximum atomic E-state index is 2.28. The maximum Gasteiger partial charge on any atom is 0.0897 e. The average Bonchev–Trinajstić information content (AvgIpc) is 2.39. The third-order valence-corrected chi connectivity index (χ3v) is 3.48. The molecular weight excluding hydrogens is 232 g/mol. The van der Waals surface area contributed by atoms with Crippen molar-refractivity contribution in [3.8, 4) is 0 Å². The molecule has 2 heteroatoms. The van der Waals surface area contributed by atoms with Gasteiger partial charge in [-0.05, 0) is 37.1 Å². The van der Waals surface area contributed by atoms with Crippen molar-refractivity contribution in [2.45, 2.75) is 13.8 Å². The van der Waals surface area contributed by atoms with Crippen molar-refractivity contribution >= 4 is 11.4 Å². The zero-order valence-corrected chi connectivity index (χ0v) is 12.2. The minimum Gasteiger partial charge on any atom is -0.357 e. The van der Waals surface area contributed by atoms with E-state index in [9.17, 15) is 0 Å². The predicted molar refractivity (Wildman–Crippen MR) is 84.0 cm³/mol. The highest BCUT2D eigenvalue weighted by Crippen LogP contribution is 2.21. The number of anilines is 2. The molecule has 19 heavy (non-hydrogen) atoms. The predicted octanol–water partition coefficient (Wildman–Crippen LogP) is 3.83. The second-order valence-electron chi connectivity index (χ2n) is 5.11. The Bertz CT molecular complexity index is 499. The lowest BCUT2D eigenvalue weighted by Crippen LogP contribution is -2.33. The second-order valence-corrected chi connectivity index (χ2v) is 5.11. The summed E-state index contributed by atoms with van der Waals surface area (Å²) in [5.74, 6) is 0. The van der Waals surface area contributed by atoms with Gasteiger partial charge in [0.25, 0.3) is 0 Å². The third kappa shape index (κ3) is 3.08. The first-order chi connectivity index (χ1) is 9.09. The standard InChI is InChI=1S/C17H22N2/c1-14-9-5-7-11-16(14)18(3)13-19(4)17-12-8-6-10-15(17)2/h5-12H,13H2,1-4H3. The topological polar surface area (TPSA) is 6.48 Å². The van der Waals surface area contributed by atoms with Gasteiger partial charge in [0.2, 0.25) is 0 Å². The number of nitrogens with zero attached hydrogens (tertiary/aromatic N) is 2. The number of hydrogen-bond donors (Lipinski definition) is 0. The first-order valence-electron chi connectivity index (χ1n) is 6.63. The van der Waals surface area contributed by atoms with Crippen LogP contribution in [0.3, 0.4) is 0 Å². The molecule has 0 saturated heterocycles. The van der Waals surface area contributed by atoms with Crippen LogP contribution in [-0.2, 0) is 0 Å². The Labute approximate surface area is 116 Å². The maximum absolute atomic E-state index is 2.28. The average molecular weight is 254 g/mol. The van der Waals surface area contributed by atoms with Gasteiger partial charge in [-0.2, -0.15) is 0 Å². The van der Waals surface area contributed by atoms with E-state index in [2.05, 4.69) is 86.3 Å². The summed E-state index contributed by atoms with van der Waals surface area (Å²) in [6.45, 7) is 5.18. The van der Waals surface area contributed by atoms with Crippen LogP contribution in [-0.4, -0.2) is 20.8 Å². The number of rotatable bonds is 4. The molecule has 0 atom stereocenters. The van der Waals surface area contributed by atoms with E-state index >= 15 is 0 Å². The fourth-order valence-electron chi connectivity index (χ4n) is 2.45. The lowest BCUT2D eigenvalue weighted by atomic mass is 10.2. The van der Waals surface area contributed by atoms with Crippen LogP contribution in [0, 0.1) is 13.8 Å². The van der Waals surface area contributed by atoms with Gasteiger partial charge in [-0.25, -0.2) is 0 Å². The van der Waals surface area contributed by atoms with E-state index < -0.39 is 0 Å². The van der Waals surface area contributed by atoms with E-state index in [0.717, 1.165) is 6.67 Å². The first kappa shape index (κ1) is 13.5. The van der Waals surface area contributed by atoms with Crippen LogP contribution in [0.2, 0.25) is 0 Å². The highest BCUT2D eigenvalue weighted by molar-refractivity contribution is 5.56. The summed E-state index contributed by atoms with van der Waals surface area (Å²) in [7, 11) is 4.27. The summed E-state index contributed by atoms with van der Waals surface area (Å²) in [6, 6.07) is 17.0. The molecule has 0 radical (unpaired) electrons. The lowest BCUT2D eigenvalue weighted by molar-refractivity contribution is 0.849. The Morgan fingerprint density at radius 2 is 1.05 bits per heavy atom. The van der Waals surface area contributed by atoms with Gasteiger partial charge < -0.3 is 9.80 Å². The van der Waals surface area contributed by atoms with E-state index in [-0.39, 0.29) is 0 Å². The van der Waals surface area contributed by atoms with Crippen LogP contribution in [0.25, 0.3) is 0 Å². The van der Waals surface area contributed by atoms with Gasteiger partial charge in [0, 0.05) is 25.5 Å². The Morgan fingerprint density at radius 3 is 1.42 bits per heavy atom. The molecule has 0 bridgehead atoms. The molecule has 2 aromatic rings. The molecule has 0 heterocycles. The molecule has 0 aliphatic heterocycles. The minimum absolute atomic E-state index is 0.871.